The lowest BCUT2D eigenvalue weighted by Crippen LogP contribution is -2.41. The fourth-order valence-electron chi connectivity index (χ4n) is 1.54. The molecule has 1 rings (SSSR count). The van der Waals surface area contributed by atoms with Crippen LogP contribution in [0.25, 0.3) is 0 Å². The molecule has 0 aliphatic heterocycles. The lowest BCUT2D eigenvalue weighted by Gasteiger charge is -2.12. The zero-order valence-electron chi connectivity index (χ0n) is 10.9. The second-order valence-electron chi connectivity index (χ2n) is 4.09. The zero-order valence-corrected chi connectivity index (χ0v) is 11.7. The number of carbonyl (C=O) groups excluding carboxylic acids is 1. The summed E-state index contributed by atoms with van der Waals surface area (Å²) < 4.78 is 0. The highest BCUT2D eigenvalue weighted by Crippen LogP contribution is 2.10. The Kier molecular flexibility index (Phi) is 6.21. The van der Waals surface area contributed by atoms with Crippen molar-refractivity contribution >= 4 is 23.2 Å². The molecule has 1 atom stereocenters. The highest BCUT2D eigenvalue weighted by atomic mass is 32.1. The number of hydrogen-bond acceptors (Lipinski definition) is 4. The van der Waals surface area contributed by atoms with Crippen molar-refractivity contribution in [2.75, 3.05) is 0 Å². The van der Waals surface area contributed by atoms with Gasteiger partial charge in [0.1, 0.15) is 6.04 Å². The predicted molar refractivity (Wildman–Crippen MR) is 74.2 cm³/mol. The molecule has 1 heterocycles. The molecule has 6 heteroatoms. The molecule has 0 fully saturated rings. The number of nitrogens with zero attached hydrogens (tertiary/aromatic N) is 1. The number of aryl methyl sites for hydroxylation is 1. The standard InChI is InChI=1S/C13H18N2O3S/c1-3-5-6-10(13(17)18)15-11(16)7-9-8-19-12(4-2)14-9/h3,8,10H,1,4-7H2,2H3,(H,15,16)(H,17,18). The van der Waals surface area contributed by atoms with E-state index >= 15 is 0 Å². The van der Waals surface area contributed by atoms with E-state index < -0.39 is 12.0 Å². The van der Waals surface area contributed by atoms with Crippen molar-refractivity contribution in [3.8, 4) is 0 Å². The number of hydrogen-bond donors (Lipinski definition) is 2. The number of carbonyl (C=O) groups is 2. The number of allylic oxidation sites excluding steroid dienone is 1. The zero-order chi connectivity index (χ0) is 14.3. The Morgan fingerprint density at radius 3 is 2.89 bits per heavy atom. The average Bonchev–Trinajstić information content (AvgIpc) is 2.81. The van der Waals surface area contributed by atoms with Crippen LogP contribution in [0.4, 0.5) is 0 Å². The van der Waals surface area contributed by atoms with E-state index in [2.05, 4.69) is 16.9 Å². The van der Waals surface area contributed by atoms with Crippen molar-refractivity contribution in [2.45, 2.75) is 38.6 Å². The van der Waals surface area contributed by atoms with Gasteiger partial charge in [0.25, 0.3) is 0 Å². The average molecular weight is 282 g/mol. The Hall–Kier alpha value is -1.69. The number of thiazole rings is 1. The molecular weight excluding hydrogens is 264 g/mol. The van der Waals surface area contributed by atoms with Gasteiger partial charge in [0.05, 0.1) is 17.1 Å². The van der Waals surface area contributed by atoms with Gasteiger partial charge in [-0.1, -0.05) is 13.0 Å². The molecule has 19 heavy (non-hydrogen) atoms. The van der Waals surface area contributed by atoms with Gasteiger partial charge >= 0.3 is 5.97 Å². The predicted octanol–water partition coefficient (Wildman–Crippen LogP) is 1.78. The molecule has 0 aliphatic carbocycles. The van der Waals surface area contributed by atoms with Gasteiger partial charge in [0, 0.05) is 5.38 Å². The van der Waals surface area contributed by atoms with E-state index in [0.29, 0.717) is 18.5 Å². The summed E-state index contributed by atoms with van der Waals surface area (Å²) in [4.78, 5) is 27.0. The summed E-state index contributed by atoms with van der Waals surface area (Å²) in [6.07, 6.45) is 3.49. The Morgan fingerprint density at radius 1 is 1.63 bits per heavy atom. The Labute approximate surface area is 116 Å². The molecule has 1 unspecified atom stereocenters. The third-order valence-electron chi connectivity index (χ3n) is 2.54. The number of amides is 1. The second-order valence-corrected chi connectivity index (χ2v) is 5.03. The van der Waals surface area contributed by atoms with E-state index in [4.69, 9.17) is 5.11 Å². The minimum atomic E-state index is -1.03. The lowest BCUT2D eigenvalue weighted by molar-refractivity contribution is -0.141. The van der Waals surface area contributed by atoms with Gasteiger partial charge in [-0.25, -0.2) is 9.78 Å². The van der Waals surface area contributed by atoms with Crippen LogP contribution in [-0.4, -0.2) is 28.0 Å². The number of rotatable bonds is 8. The van der Waals surface area contributed by atoms with Gasteiger partial charge in [-0.2, -0.15) is 0 Å². The minimum Gasteiger partial charge on any atom is -0.480 e. The second kappa shape index (κ2) is 7.68. The normalized spacial score (nSPS) is 11.8. The molecular formula is C13H18N2O3S. The minimum absolute atomic E-state index is 0.119. The number of nitrogens with one attached hydrogen (secondary N) is 1. The van der Waals surface area contributed by atoms with Crippen molar-refractivity contribution < 1.29 is 14.7 Å². The number of carboxylic acids is 1. The van der Waals surface area contributed by atoms with E-state index in [1.54, 1.807) is 6.08 Å². The molecule has 104 valence electrons. The van der Waals surface area contributed by atoms with Crippen LogP contribution in [0.15, 0.2) is 18.0 Å². The summed E-state index contributed by atoms with van der Waals surface area (Å²) in [5, 5.41) is 14.3. The monoisotopic (exact) mass is 282 g/mol. The maximum atomic E-state index is 11.8. The first-order valence-corrected chi connectivity index (χ1v) is 7.01. The van der Waals surface area contributed by atoms with E-state index in [1.807, 2.05) is 12.3 Å². The first-order chi connectivity index (χ1) is 9.06. The Balaban J connectivity index is 2.52. The van der Waals surface area contributed by atoms with Gasteiger partial charge in [0.15, 0.2) is 0 Å². The molecule has 0 bridgehead atoms. The highest BCUT2D eigenvalue weighted by Gasteiger charge is 2.19. The molecule has 2 N–H and O–H groups in total. The van der Waals surface area contributed by atoms with Gasteiger partial charge in [-0.05, 0) is 19.3 Å². The van der Waals surface area contributed by atoms with E-state index in [-0.39, 0.29) is 12.3 Å². The summed E-state index contributed by atoms with van der Waals surface area (Å²) in [6, 6.07) is -0.866. The largest absolute Gasteiger partial charge is 0.480 e. The maximum Gasteiger partial charge on any atom is 0.326 e. The summed E-state index contributed by atoms with van der Waals surface area (Å²) in [5.41, 5.74) is 0.687. The Bertz CT molecular complexity index is 456. The van der Waals surface area contributed by atoms with Gasteiger partial charge in [-0.3, -0.25) is 4.79 Å². The molecule has 0 saturated heterocycles. The molecule has 1 amide bonds. The molecule has 5 nitrogen and oxygen atoms in total. The van der Waals surface area contributed by atoms with Crippen LogP contribution in [0.1, 0.15) is 30.5 Å². The summed E-state index contributed by atoms with van der Waals surface area (Å²) >= 11 is 1.51. The van der Waals surface area contributed by atoms with Crippen molar-refractivity contribution in [1.29, 1.82) is 0 Å². The highest BCUT2D eigenvalue weighted by molar-refractivity contribution is 7.09. The van der Waals surface area contributed by atoms with Crippen molar-refractivity contribution in [3.63, 3.8) is 0 Å². The van der Waals surface area contributed by atoms with E-state index in [0.717, 1.165) is 11.4 Å². The van der Waals surface area contributed by atoms with E-state index in [9.17, 15) is 9.59 Å². The van der Waals surface area contributed by atoms with Crippen LogP contribution in [0.5, 0.6) is 0 Å². The quantitative estimate of drug-likeness (QED) is 0.712. The molecule has 0 spiro atoms. The first kappa shape index (κ1) is 15.4. The summed E-state index contributed by atoms with van der Waals surface area (Å²) in [5.74, 6) is -1.34. The van der Waals surface area contributed by atoms with Crippen molar-refractivity contribution in [2.24, 2.45) is 0 Å². The maximum absolute atomic E-state index is 11.8. The van der Waals surface area contributed by atoms with Crippen LogP contribution >= 0.6 is 11.3 Å². The number of carboxylic acid groups (broad SMARTS) is 1. The first-order valence-electron chi connectivity index (χ1n) is 6.13. The van der Waals surface area contributed by atoms with Gasteiger partial charge in [0.2, 0.25) is 5.91 Å². The molecule has 0 aromatic carbocycles. The summed E-state index contributed by atoms with van der Waals surface area (Å²) in [7, 11) is 0. The van der Waals surface area contributed by atoms with Crippen LogP contribution in [0.3, 0.4) is 0 Å². The van der Waals surface area contributed by atoms with Crippen LogP contribution in [0, 0.1) is 0 Å². The summed E-state index contributed by atoms with van der Waals surface area (Å²) in [6.45, 7) is 5.54. The van der Waals surface area contributed by atoms with Gasteiger partial charge in [-0.15, -0.1) is 17.9 Å². The SMILES string of the molecule is C=CCCC(NC(=O)Cc1csc(CC)n1)C(=O)O. The van der Waals surface area contributed by atoms with Crippen molar-refractivity contribution in [3.05, 3.63) is 28.7 Å². The van der Waals surface area contributed by atoms with Crippen LogP contribution < -0.4 is 5.32 Å². The van der Waals surface area contributed by atoms with Gasteiger partial charge < -0.3 is 10.4 Å². The molecule has 1 aromatic rings. The third-order valence-corrected chi connectivity index (χ3v) is 3.58. The number of aromatic nitrogens is 1. The fraction of sp³-hybridized carbons (Fsp3) is 0.462. The third kappa shape index (κ3) is 5.21. The molecule has 0 radical (unpaired) electrons. The molecule has 0 saturated carbocycles. The molecule has 1 aromatic heterocycles. The van der Waals surface area contributed by atoms with E-state index in [1.165, 1.54) is 11.3 Å². The Morgan fingerprint density at radius 2 is 2.37 bits per heavy atom. The fourth-order valence-corrected chi connectivity index (χ4v) is 2.29. The van der Waals surface area contributed by atoms with Crippen LogP contribution in [-0.2, 0) is 22.4 Å². The van der Waals surface area contributed by atoms with Crippen molar-refractivity contribution in [1.82, 2.24) is 10.3 Å². The molecule has 0 aliphatic rings. The number of aliphatic carboxylic acids is 1. The lowest BCUT2D eigenvalue weighted by atomic mass is 10.1. The topological polar surface area (TPSA) is 79.3 Å². The smallest absolute Gasteiger partial charge is 0.326 e. The van der Waals surface area contributed by atoms with Crippen LogP contribution in [0.2, 0.25) is 0 Å².